The summed E-state index contributed by atoms with van der Waals surface area (Å²) < 4.78 is 0. The summed E-state index contributed by atoms with van der Waals surface area (Å²) >= 11 is 7.57. The van der Waals surface area contributed by atoms with Gasteiger partial charge in [0.1, 0.15) is 11.6 Å². The summed E-state index contributed by atoms with van der Waals surface area (Å²) in [5.74, 6) is 0.502. The minimum absolute atomic E-state index is 0.126. The van der Waals surface area contributed by atoms with Crippen molar-refractivity contribution in [3.8, 4) is 6.07 Å². The van der Waals surface area contributed by atoms with E-state index in [2.05, 4.69) is 36.8 Å². The molecular formula is C17H22ClN5O2S. The van der Waals surface area contributed by atoms with Gasteiger partial charge in [0.25, 0.3) is 0 Å². The quantitative estimate of drug-likeness (QED) is 0.465. The molecule has 26 heavy (non-hydrogen) atoms. The maximum Gasteiger partial charge on any atom is 0.408 e. The number of hydrogen-bond acceptors (Lipinski definition) is 6. The molecule has 3 heterocycles. The molecule has 1 aromatic rings. The first-order valence-corrected chi connectivity index (χ1v) is 10.0. The summed E-state index contributed by atoms with van der Waals surface area (Å²) in [6.07, 6.45) is 2.56. The minimum atomic E-state index is -0.881. The molecule has 140 valence electrons. The summed E-state index contributed by atoms with van der Waals surface area (Å²) in [7, 11) is 0. The number of fused-ring (bicyclic) bond motifs is 2. The Balaban J connectivity index is 2.10. The van der Waals surface area contributed by atoms with Crippen molar-refractivity contribution >= 4 is 35.3 Å². The maximum absolute atomic E-state index is 12.0. The van der Waals surface area contributed by atoms with Crippen LogP contribution in [-0.4, -0.2) is 57.0 Å². The number of rotatable bonds is 2. The summed E-state index contributed by atoms with van der Waals surface area (Å²) in [4.78, 5) is 24.3. The highest BCUT2D eigenvalue weighted by Gasteiger charge is 2.59. The lowest BCUT2D eigenvalue weighted by Gasteiger charge is -2.54. The zero-order chi connectivity index (χ0) is 19.3. The first kappa shape index (κ1) is 19.1. The molecule has 0 radical (unpaired) electrons. The molecule has 2 aliphatic rings. The standard InChI is InChI=1S/C17H22ClN5O2S/c1-16(2,3)17-6-5-10(23(17)15(24)25)8-22(9-17)13-11(7-19)12(18)20-14(21-13)26-4/h10H,5-6,8-9H2,1-4H3,(H,24,25)/t10-,17-/m0/s1. The lowest BCUT2D eigenvalue weighted by molar-refractivity contribution is 0.00521. The summed E-state index contributed by atoms with van der Waals surface area (Å²) in [6, 6.07) is 1.98. The van der Waals surface area contributed by atoms with Crippen LogP contribution in [0.3, 0.4) is 0 Å². The SMILES string of the molecule is CSc1nc(Cl)c(C#N)c(N2C[C@@H]3CC[C@@](C(C)(C)C)(C2)N3C(=O)O)n1. The van der Waals surface area contributed by atoms with E-state index in [4.69, 9.17) is 11.6 Å². The number of amides is 1. The van der Waals surface area contributed by atoms with E-state index in [1.165, 1.54) is 11.8 Å². The third-order valence-electron chi connectivity index (χ3n) is 5.62. The predicted molar refractivity (Wildman–Crippen MR) is 101 cm³/mol. The van der Waals surface area contributed by atoms with Crippen molar-refractivity contribution in [1.29, 1.82) is 5.26 Å². The second-order valence-electron chi connectivity index (χ2n) is 7.82. The highest BCUT2D eigenvalue weighted by molar-refractivity contribution is 7.98. The van der Waals surface area contributed by atoms with Crippen molar-refractivity contribution in [1.82, 2.24) is 14.9 Å². The zero-order valence-corrected chi connectivity index (χ0v) is 16.9. The number of halogens is 1. The topological polar surface area (TPSA) is 93.4 Å². The normalized spacial score (nSPS) is 25.3. The smallest absolute Gasteiger partial charge is 0.408 e. The third kappa shape index (κ3) is 2.78. The fraction of sp³-hybridized carbons (Fsp3) is 0.647. The molecule has 7 nitrogen and oxygen atoms in total. The van der Waals surface area contributed by atoms with Crippen molar-refractivity contribution in [3.63, 3.8) is 0 Å². The second kappa shape index (κ2) is 6.46. The number of carboxylic acid groups (broad SMARTS) is 1. The van der Waals surface area contributed by atoms with Crippen molar-refractivity contribution in [2.75, 3.05) is 24.2 Å². The lowest BCUT2D eigenvalue weighted by atomic mass is 9.71. The molecule has 2 fully saturated rings. The molecule has 0 unspecified atom stereocenters. The molecule has 0 saturated carbocycles. The Morgan fingerprint density at radius 1 is 1.46 bits per heavy atom. The molecule has 1 N–H and O–H groups in total. The fourth-order valence-electron chi connectivity index (χ4n) is 4.26. The molecular weight excluding hydrogens is 374 g/mol. The van der Waals surface area contributed by atoms with E-state index in [-0.39, 0.29) is 22.2 Å². The van der Waals surface area contributed by atoms with E-state index >= 15 is 0 Å². The van der Waals surface area contributed by atoms with Crippen LogP contribution in [-0.2, 0) is 0 Å². The van der Waals surface area contributed by atoms with Gasteiger partial charge >= 0.3 is 6.09 Å². The van der Waals surface area contributed by atoms with Crippen LogP contribution >= 0.6 is 23.4 Å². The van der Waals surface area contributed by atoms with Gasteiger partial charge in [0, 0.05) is 13.1 Å². The molecule has 1 amide bonds. The molecule has 2 atom stereocenters. The van der Waals surface area contributed by atoms with Gasteiger partial charge < -0.3 is 10.0 Å². The van der Waals surface area contributed by atoms with Gasteiger partial charge in [0.2, 0.25) is 0 Å². The van der Waals surface area contributed by atoms with E-state index < -0.39 is 11.6 Å². The second-order valence-corrected chi connectivity index (χ2v) is 8.95. The lowest BCUT2D eigenvalue weighted by Crippen LogP contribution is -2.68. The van der Waals surface area contributed by atoms with E-state index in [9.17, 15) is 15.2 Å². The number of thioether (sulfide) groups is 1. The number of piperazine rings is 1. The van der Waals surface area contributed by atoms with Crippen LogP contribution in [0.1, 0.15) is 39.2 Å². The Morgan fingerprint density at radius 3 is 2.69 bits per heavy atom. The molecule has 3 rings (SSSR count). The number of nitrogens with zero attached hydrogens (tertiary/aromatic N) is 5. The highest BCUT2D eigenvalue weighted by Crippen LogP contribution is 2.50. The van der Waals surface area contributed by atoms with E-state index in [1.54, 1.807) is 4.90 Å². The van der Waals surface area contributed by atoms with Gasteiger partial charge in [0.15, 0.2) is 16.1 Å². The highest BCUT2D eigenvalue weighted by atomic mass is 35.5. The number of nitriles is 1. The van der Waals surface area contributed by atoms with Crippen molar-refractivity contribution in [3.05, 3.63) is 10.7 Å². The van der Waals surface area contributed by atoms with Crippen LogP contribution in [0.25, 0.3) is 0 Å². The average molecular weight is 396 g/mol. The molecule has 2 aliphatic heterocycles. The van der Waals surface area contributed by atoms with Crippen LogP contribution in [0.2, 0.25) is 5.15 Å². The summed E-state index contributed by atoms with van der Waals surface area (Å²) in [5.41, 5.74) is -0.548. The first-order chi connectivity index (χ1) is 12.1. The van der Waals surface area contributed by atoms with E-state index in [0.29, 0.717) is 24.1 Å². The van der Waals surface area contributed by atoms with E-state index in [0.717, 1.165) is 12.8 Å². The molecule has 0 aromatic carbocycles. The Kier molecular flexibility index (Phi) is 4.74. The van der Waals surface area contributed by atoms with Crippen molar-refractivity contribution in [2.45, 2.75) is 50.4 Å². The zero-order valence-electron chi connectivity index (χ0n) is 15.3. The van der Waals surface area contributed by atoms with Gasteiger partial charge in [-0.25, -0.2) is 14.8 Å². The molecule has 2 bridgehead atoms. The van der Waals surface area contributed by atoms with Crippen LogP contribution < -0.4 is 4.90 Å². The predicted octanol–water partition coefficient (Wildman–Crippen LogP) is 3.47. The average Bonchev–Trinajstić information content (AvgIpc) is 2.82. The minimum Gasteiger partial charge on any atom is -0.465 e. The first-order valence-electron chi connectivity index (χ1n) is 8.43. The number of aromatic nitrogens is 2. The molecule has 0 spiro atoms. The molecule has 9 heteroatoms. The Morgan fingerprint density at radius 2 is 2.15 bits per heavy atom. The van der Waals surface area contributed by atoms with Crippen molar-refractivity contribution in [2.24, 2.45) is 5.41 Å². The monoisotopic (exact) mass is 395 g/mol. The summed E-state index contributed by atoms with van der Waals surface area (Å²) in [6.45, 7) is 7.19. The van der Waals surface area contributed by atoms with Crippen molar-refractivity contribution < 1.29 is 9.90 Å². The Hall–Kier alpha value is -1.72. The maximum atomic E-state index is 12.0. The number of carbonyl (C=O) groups is 1. The Labute approximate surface area is 162 Å². The van der Waals surface area contributed by atoms with Crippen LogP contribution in [0.4, 0.5) is 10.6 Å². The van der Waals surface area contributed by atoms with Crippen LogP contribution in [0.5, 0.6) is 0 Å². The summed E-state index contributed by atoms with van der Waals surface area (Å²) in [5, 5.41) is 20.0. The van der Waals surface area contributed by atoms with E-state index in [1.807, 2.05) is 11.2 Å². The molecule has 2 saturated heterocycles. The third-order valence-corrected chi connectivity index (χ3v) is 6.44. The Bertz CT molecular complexity index is 791. The van der Waals surface area contributed by atoms with Gasteiger partial charge in [-0.15, -0.1) is 0 Å². The van der Waals surface area contributed by atoms with Gasteiger partial charge in [-0.05, 0) is 24.5 Å². The fourth-order valence-corrected chi connectivity index (χ4v) is 4.88. The molecule has 0 aliphatic carbocycles. The van der Waals surface area contributed by atoms with Gasteiger partial charge in [-0.3, -0.25) is 4.90 Å². The number of hydrogen-bond donors (Lipinski definition) is 1. The van der Waals surface area contributed by atoms with Gasteiger partial charge in [-0.1, -0.05) is 44.1 Å². The number of anilines is 1. The molecule has 1 aromatic heterocycles. The van der Waals surface area contributed by atoms with Gasteiger partial charge in [0.05, 0.1) is 11.6 Å². The van der Waals surface area contributed by atoms with Crippen LogP contribution in [0, 0.1) is 16.7 Å². The van der Waals surface area contributed by atoms with Gasteiger partial charge in [-0.2, -0.15) is 5.26 Å². The van der Waals surface area contributed by atoms with Crippen LogP contribution in [0.15, 0.2) is 5.16 Å². The largest absolute Gasteiger partial charge is 0.465 e.